The third-order valence-corrected chi connectivity index (χ3v) is 2.83. The Morgan fingerprint density at radius 3 is 2.85 bits per heavy atom. The number of aryl methyl sites for hydroxylation is 1. The molecule has 0 heterocycles. The molecule has 112 valence electrons. The zero-order valence-electron chi connectivity index (χ0n) is 12.3. The van der Waals surface area contributed by atoms with Gasteiger partial charge in [0.15, 0.2) is 6.61 Å². The van der Waals surface area contributed by atoms with Gasteiger partial charge in [-0.2, -0.15) is 0 Å². The molecule has 0 saturated carbocycles. The van der Waals surface area contributed by atoms with Crippen LogP contribution in [0, 0.1) is 6.92 Å². The number of amides is 1. The van der Waals surface area contributed by atoms with Crippen molar-refractivity contribution in [2.75, 3.05) is 26.9 Å². The molecule has 0 saturated heterocycles. The van der Waals surface area contributed by atoms with Crippen LogP contribution in [-0.4, -0.2) is 37.9 Å². The number of carbonyl (C=O) groups excluding carboxylic acids is 1. The first-order chi connectivity index (χ1) is 9.54. The molecule has 1 atom stereocenters. The first-order valence-corrected chi connectivity index (χ1v) is 6.71. The van der Waals surface area contributed by atoms with Crippen molar-refractivity contribution in [2.24, 2.45) is 0 Å². The van der Waals surface area contributed by atoms with E-state index in [-0.39, 0.29) is 12.5 Å². The van der Waals surface area contributed by atoms with Crippen molar-refractivity contribution < 1.29 is 19.4 Å². The molecule has 5 heteroatoms. The van der Waals surface area contributed by atoms with Crippen LogP contribution >= 0.6 is 0 Å². The average Bonchev–Trinajstić information content (AvgIpc) is 2.41. The maximum Gasteiger partial charge on any atom is 0.257 e. The van der Waals surface area contributed by atoms with Gasteiger partial charge in [0.2, 0.25) is 0 Å². The van der Waals surface area contributed by atoms with Crippen LogP contribution in [-0.2, 0) is 9.53 Å². The Labute approximate surface area is 119 Å². The summed E-state index contributed by atoms with van der Waals surface area (Å²) in [5, 5.41) is 12.4. The molecule has 0 aromatic heterocycles. The highest BCUT2D eigenvalue weighted by molar-refractivity contribution is 5.77. The zero-order valence-corrected chi connectivity index (χ0v) is 12.3. The summed E-state index contributed by atoms with van der Waals surface area (Å²) in [4.78, 5) is 11.6. The molecule has 1 aromatic rings. The number of methoxy groups -OCH3 is 1. The van der Waals surface area contributed by atoms with Gasteiger partial charge in [-0.1, -0.05) is 12.1 Å². The van der Waals surface area contributed by atoms with Crippen LogP contribution in [0.4, 0.5) is 0 Å². The number of carbonyl (C=O) groups is 1. The summed E-state index contributed by atoms with van der Waals surface area (Å²) < 4.78 is 10.4. The van der Waals surface area contributed by atoms with E-state index < -0.39 is 6.10 Å². The van der Waals surface area contributed by atoms with E-state index in [1.807, 2.05) is 25.1 Å². The largest absolute Gasteiger partial charge is 0.483 e. The molecule has 1 aromatic carbocycles. The summed E-state index contributed by atoms with van der Waals surface area (Å²) in [5.74, 6) is 0.367. The third-order valence-electron chi connectivity index (χ3n) is 2.83. The average molecular weight is 281 g/mol. The molecule has 2 N–H and O–H groups in total. The maximum absolute atomic E-state index is 11.6. The van der Waals surface area contributed by atoms with E-state index in [0.29, 0.717) is 24.5 Å². The molecular formula is C15H23NO4. The van der Waals surface area contributed by atoms with Crippen LogP contribution in [0.1, 0.15) is 30.6 Å². The van der Waals surface area contributed by atoms with Crippen LogP contribution in [0.3, 0.4) is 0 Å². The van der Waals surface area contributed by atoms with E-state index in [1.165, 1.54) is 0 Å². The highest BCUT2D eigenvalue weighted by atomic mass is 16.5. The Balaban J connectivity index is 2.48. The number of rotatable bonds is 8. The molecule has 0 aliphatic heterocycles. The number of hydrogen-bond acceptors (Lipinski definition) is 4. The lowest BCUT2D eigenvalue weighted by Gasteiger charge is -2.14. The van der Waals surface area contributed by atoms with Crippen LogP contribution < -0.4 is 10.1 Å². The predicted octanol–water partition coefficient (Wildman–Crippen LogP) is 1.58. The number of hydrogen-bond donors (Lipinski definition) is 2. The second kappa shape index (κ2) is 8.55. The van der Waals surface area contributed by atoms with E-state index in [4.69, 9.17) is 9.47 Å². The number of benzene rings is 1. The molecular weight excluding hydrogens is 258 g/mol. The summed E-state index contributed by atoms with van der Waals surface area (Å²) in [5.41, 5.74) is 1.70. The Morgan fingerprint density at radius 2 is 2.20 bits per heavy atom. The molecule has 0 aliphatic rings. The maximum atomic E-state index is 11.6. The van der Waals surface area contributed by atoms with Crippen molar-refractivity contribution in [3.05, 3.63) is 29.3 Å². The number of aliphatic hydroxyl groups excluding tert-OH is 1. The number of nitrogens with one attached hydrogen (secondary N) is 1. The van der Waals surface area contributed by atoms with E-state index in [9.17, 15) is 9.90 Å². The molecule has 0 fully saturated rings. The minimum absolute atomic E-state index is 0.0594. The Morgan fingerprint density at radius 1 is 1.45 bits per heavy atom. The fourth-order valence-corrected chi connectivity index (χ4v) is 1.75. The van der Waals surface area contributed by atoms with Crippen LogP contribution in [0.2, 0.25) is 0 Å². The van der Waals surface area contributed by atoms with Gasteiger partial charge < -0.3 is 19.9 Å². The molecule has 1 rings (SSSR count). The zero-order chi connectivity index (χ0) is 15.0. The highest BCUT2D eigenvalue weighted by Crippen LogP contribution is 2.26. The Kier molecular flexibility index (Phi) is 7.04. The number of aliphatic hydroxyl groups is 1. The van der Waals surface area contributed by atoms with Gasteiger partial charge in [0.25, 0.3) is 5.91 Å². The minimum Gasteiger partial charge on any atom is -0.483 e. The van der Waals surface area contributed by atoms with Crippen LogP contribution in [0.5, 0.6) is 5.75 Å². The van der Waals surface area contributed by atoms with Gasteiger partial charge in [0, 0.05) is 25.8 Å². The summed E-state index contributed by atoms with van der Waals surface area (Å²) in [6.07, 6.45) is 0.140. The summed E-state index contributed by atoms with van der Waals surface area (Å²) in [7, 11) is 1.63. The van der Waals surface area contributed by atoms with Gasteiger partial charge in [0.1, 0.15) is 5.75 Å². The van der Waals surface area contributed by atoms with Crippen LogP contribution in [0.15, 0.2) is 18.2 Å². The summed E-state index contributed by atoms with van der Waals surface area (Å²) >= 11 is 0. The van der Waals surface area contributed by atoms with Crippen molar-refractivity contribution in [3.63, 3.8) is 0 Å². The molecule has 20 heavy (non-hydrogen) atoms. The predicted molar refractivity (Wildman–Crippen MR) is 76.8 cm³/mol. The summed E-state index contributed by atoms with van der Waals surface area (Å²) in [6.45, 7) is 4.72. The first kappa shape index (κ1) is 16.5. The quantitative estimate of drug-likeness (QED) is 0.710. The van der Waals surface area contributed by atoms with E-state index in [1.54, 1.807) is 14.0 Å². The van der Waals surface area contributed by atoms with Crippen molar-refractivity contribution >= 4 is 5.91 Å². The fourth-order valence-electron chi connectivity index (χ4n) is 1.75. The van der Waals surface area contributed by atoms with Gasteiger partial charge in [0.05, 0.1) is 6.10 Å². The van der Waals surface area contributed by atoms with Gasteiger partial charge >= 0.3 is 0 Å². The van der Waals surface area contributed by atoms with Gasteiger partial charge in [-0.15, -0.1) is 0 Å². The van der Waals surface area contributed by atoms with Crippen LogP contribution in [0.25, 0.3) is 0 Å². The van der Waals surface area contributed by atoms with E-state index in [0.717, 1.165) is 12.0 Å². The topological polar surface area (TPSA) is 67.8 Å². The number of ether oxygens (including phenoxy) is 2. The van der Waals surface area contributed by atoms with Crippen molar-refractivity contribution in [3.8, 4) is 5.75 Å². The lowest BCUT2D eigenvalue weighted by Crippen LogP contribution is -2.30. The Hall–Kier alpha value is -1.59. The smallest absolute Gasteiger partial charge is 0.257 e. The summed E-state index contributed by atoms with van der Waals surface area (Å²) in [6, 6.07) is 5.53. The second-order valence-corrected chi connectivity index (χ2v) is 4.70. The van der Waals surface area contributed by atoms with Gasteiger partial charge in [-0.05, 0) is 31.9 Å². The van der Waals surface area contributed by atoms with Crippen molar-refractivity contribution in [1.82, 2.24) is 5.32 Å². The van der Waals surface area contributed by atoms with Gasteiger partial charge in [-0.25, -0.2) is 0 Å². The molecule has 1 amide bonds. The highest BCUT2D eigenvalue weighted by Gasteiger charge is 2.11. The molecule has 0 aliphatic carbocycles. The molecule has 5 nitrogen and oxygen atoms in total. The lowest BCUT2D eigenvalue weighted by molar-refractivity contribution is -0.123. The first-order valence-electron chi connectivity index (χ1n) is 6.71. The Bertz CT molecular complexity index is 432. The lowest BCUT2D eigenvalue weighted by atomic mass is 10.1. The van der Waals surface area contributed by atoms with Gasteiger partial charge in [-0.3, -0.25) is 4.79 Å². The SMILES string of the molecule is COCCCNC(=O)COc1cc(C)ccc1[C@@H](C)O. The van der Waals surface area contributed by atoms with E-state index in [2.05, 4.69) is 5.32 Å². The normalized spacial score (nSPS) is 12.0. The van der Waals surface area contributed by atoms with E-state index >= 15 is 0 Å². The third kappa shape index (κ3) is 5.59. The van der Waals surface area contributed by atoms with Crippen molar-refractivity contribution in [1.29, 1.82) is 0 Å². The van der Waals surface area contributed by atoms with Crippen molar-refractivity contribution in [2.45, 2.75) is 26.4 Å². The molecule has 0 spiro atoms. The second-order valence-electron chi connectivity index (χ2n) is 4.70. The molecule has 0 unspecified atom stereocenters. The molecule has 0 bridgehead atoms. The minimum atomic E-state index is -0.629. The fraction of sp³-hybridized carbons (Fsp3) is 0.533. The molecule has 0 radical (unpaired) electrons. The monoisotopic (exact) mass is 281 g/mol. The standard InChI is InChI=1S/C15H23NO4/c1-11-5-6-13(12(2)17)14(9-11)20-10-15(18)16-7-4-8-19-3/h5-6,9,12,17H,4,7-8,10H2,1-3H3,(H,16,18)/t12-/m1/s1.